The molecule has 1 aliphatic carbocycles. The van der Waals surface area contributed by atoms with Gasteiger partial charge in [-0.15, -0.1) is 22.9 Å². The van der Waals surface area contributed by atoms with E-state index in [2.05, 4.69) is 29.0 Å². The Hall–Kier alpha value is -1.52. The van der Waals surface area contributed by atoms with Gasteiger partial charge in [-0.05, 0) is 24.8 Å². The summed E-state index contributed by atoms with van der Waals surface area (Å²) in [5.74, 6) is 2.16. The molecule has 1 aromatic carbocycles. The molecule has 25 heavy (non-hydrogen) atoms. The fraction of sp³-hybridized carbons (Fsp3) is 0.450. The second-order valence-electron chi connectivity index (χ2n) is 6.83. The van der Waals surface area contributed by atoms with Crippen LogP contribution in [-0.4, -0.2) is 16.7 Å². The predicted octanol–water partition coefficient (Wildman–Crippen LogP) is 6.09. The summed E-state index contributed by atoms with van der Waals surface area (Å²) in [7, 11) is 1.75. The van der Waals surface area contributed by atoms with Crippen molar-refractivity contribution in [2.24, 2.45) is 5.92 Å². The molecule has 1 saturated carbocycles. The Bertz CT molecular complexity index is 864. The van der Waals surface area contributed by atoms with Gasteiger partial charge < -0.3 is 9.30 Å². The molecule has 5 heteroatoms. The number of benzene rings is 1. The number of thiazole rings is 1. The van der Waals surface area contributed by atoms with Gasteiger partial charge in [-0.1, -0.05) is 31.4 Å². The minimum absolute atomic E-state index is 0.459. The van der Waals surface area contributed by atoms with Crippen LogP contribution in [0.1, 0.15) is 37.8 Å². The molecule has 3 nitrogen and oxygen atoms in total. The van der Waals surface area contributed by atoms with Gasteiger partial charge in [0.2, 0.25) is 0 Å². The molecule has 0 spiro atoms. The van der Waals surface area contributed by atoms with Gasteiger partial charge in [-0.3, -0.25) is 0 Å². The summed E-state index contributed by atoms with van der Waals surface area (Å²) in [5, 5.41) is 4.30. The number of ether oxygens (including phenoxy) is 1. The largest absolute Gasteiger partial charge is 0.495 e. The summed E-state index contributed by atoms with van der Waals surface area (Å²) in [6, 6.07) is 6.29. The van der Waals surface area contributed by atoms with Crippen LogP contribution in [0.5, 0.6) is 5.75 Å². The van der Waals surface area contributed by atoms with E-state index in [1.165, 1.54) is 48.6 Å². The van der Waals surface area contributed by atoms with Gasteiger partial charge in [0.15, 0.2) is 0 Å². The Morgan fingerprint density at radius 1 is 1.28 bits per heavy atom. The molecule has 0 saturated heterocycles. The minimum atomic E-state index is 0.459. The molecule has 3 aromatic rings. The standard InChI is InChI=1S/C20H23ClN2OS/c1-24-18-9-5-8-16-17(20-22-15(10-21)13-25-20)12-23(19(16)18)11-14-6-3-2-4-7-14/h5,8-9,12-14H,2-4,6-7,10-11H2,1H3. The molecule has 0 amide bonds. The number of hydrogen-bond donors (Lipinski definition) is 0. The third-order valence-electron chi connectivity index (χ3n) is 5.18. The van der Waals surface area contributed by atoms with Crippen LogP contribution in [-0.2, 0) is 12.4 Å². The molecular formula is C20H23ClN2OS. The van der Waals surface area contributed by atoms with E-state index < -0.39 is 0 Å². The van der Waals surface area contributed by atoms with E-state index in [1.54, 1.807) is 18.4 Å². The number of halogens is 1. The number of alkyl halides is 1. The highest BCUT2D eigenvalue weighted by Crippen LogP contribution is 2.38. The maximum absolute atomic E-state index is 5.95. The number of hydrogen-bond acceptors (Lipinski definition) is 3. The van der Waals surface area contributed by atoms with E-state index in [-0.39, 0.29) is 0 Å². The lowest BCUT2D eigenvalue weighted by Gasteiger charge is -2.22. The number of nitrogens with zero attached hydrogens (tertiary/aromatic N) is 2. The van der Waals surface area contributed by atoms with E-state index >= 15 is 0 Å². The van der Waals surface area contributed by atoms with Crippen LogP contribution >= 0.6 is 22.9 Å². The fourth-order valence-corrected chi connectivity index (χ4v) is 5.02. The van der Waals surface area contributed by atoms with E-state index in [0.29, 0.717) is 5.88 Å². The molecule has 2 heterocycles. The number of aromatic nitrogens is 2. The molecule has 0 aliphatic heterocycles. The minimum Gasteiger partial charge on any atom is -0.495 e. The molecule has 0 radical (unpaired) electrons. The normalized spacial score (nSPS) is 15.8. The molecular weight excluding hydrogens is 352 g/mol. The van der Waals surface area contributed by atoms with Gasteiger partial charge in [0.1, 0.15) is 10.8 Å². The highest BCUT2D eigenvalue weighted by atomic mass is 35.5. The summed E-state index contributed by atoms with van der Waals surface area (Å²) in [4.78, 5) is 4.70. The van der Waals surface area contributed by atoms with Crippen LogP contribution < -0.4 is 4.74 Å². The van der Waals surface area contributed by atoms with Gasteiger partial charge in [0, 0.05) is 29.1 Å². The smallest absolute Gasteiger partial charge is 0.143 e. The molecule has 0 bridgehead atoms. The van der Waals surface area contributed by atoms with Crippen LogP contribution in [0.15, 0.2) is 29.8 Å². The molecule has 0 unspecified atom stereocenters. The number of fused-ring (bicyclic) bond motifs is 1. The molecule has 1 aliphatic rings. The van der Waals surface area contributed by atoms with Gasteiger partial charge >= 0.3 is 0 Å². The summed E-state index contributed by atoms with van der Waals surface area (Å²) in [5.41, 5.74) is 3.32. The second kappa shape index (κ2) is 7.38. The average molecular weight is 375 g/mol. The van der Waals surface area contributed by atoms with Gasteiger partial charge in [0.25, 0.3) is 0 Å². The molecule has 0 N–H and O–H groups in total. The summed E-state index contributed by atoms with van der Waals surface area (Å²) >= 11 is 7.61. The molecule has 2 aromatic heterocycles. The zero-order chi connectivity index (χ0) is 17.2. The van der Waals surface area contributed by atoms with E-state index in [4.69, 9.17) is 21.3 Å². The third-order valence-corrected chi connectivity index (χ3v) is 6.38. The molecule has 1 fully saturated rings. The van der Waals surface area contributed by atoms with Crippen molar-refractivity contribution in [1.82, 2.24) is 9.55 Å². The maximum atomic E-state index is 5.95. The zero-order valence-electron chi connectivity index (χ0n) is 14.5. The van der Waals surface area contributed by atoms with Crippen molar-refractivity contribution >= 4 is 33.8 Å². The highest BCUT2D eigenvalue weighted by molar-refractivity contribution is 7.13. The molecule has 132 valence electrons. The monoisotopic (exact) mass is 374 g/mol. The van der Waals surface area contributed by atoms with Crippen molar-refractivity contribution in [1.29, 1.82) is 0 Å². The average Bonchev–Trinajstić information content (AvgIpc) is 3.27. The Balaban J connectivity index is 1.80. The second-order valence-corrected chi connectivity index (χ2v) is 7.96. The number of para-hydroxylation sites is 1. The van der Waals surface area contributed by atoms with Crippen molar-refractivity contribution in [3.8, 4) is 16.3 Å². The van der Waals surface area contributed by atoms with Crippen molar-refractivity contribution in [2.75, 3.05) is 7.11 Å². The van der Waals surface area contributed by atoms with Crippen LogP contribution in [0.3, 0.4) is 0 Å². The lowest BCUT2D eigenvalue weighted by Crippen LogP contribution is -2.13. The first-order valence-corrected chi connectivity index (χ1v) is 10.4. The number of methoxy groups -OCH3 is 1. The van der Waals surface area contributed by atoms with Crippen molar-refractivity contribution in [3.63, 3.8) is 0 Å². The number of rotatable bonds is 5. The Labute approximate surface area is 157 Å². The van der Waals surface area contributed by atoms with E-state index in [1.807, 2.05) is 5.38 Å². The van der Waals surface area contributed by atoms with Crippen molar-refractivity contribution in [3.05, 3.63) is 35.5 Å². The summed E-state index contributed by atoms with van der Waals surface area (Å²) in [6.07, 6.45) is 9.03. The topological polar surface area (TPSA) is 27.1 Å². The van der Waals surface area contributed by atoms with E-state index in [0.717, 1.165) is 28.9 Å². The Morgan fingerprint density at radius 2 is 2.12 bits per heavy atom. The molecule has 0 atom stereocenters. The Kier molecular flexibility index (Phi) is 5.00. The van der Waals surface area contributed by atoms with Crippen LogP contribution in [0.2, 0.25) is 0 Å². The van der Waals surface area contributed by atoms with Crippen molar-refractivity contribution in [2.45, 2.75) is 44.5 Å². The molecule has 4 rings (SSSR count). The van der Waals surface area contributed by atoms with Crippen molar-refractivity contribution < 1.29 is 4.74 Å². The summed E-state index contributed by atoms with van der Waals surface area (Å²) < 4.78 is 8.06. The lowest BCUT2D eigenvalue weighted by atomic mass is 9.89. The summed E-state index contributed by atoms with van der Waals surface area (Å²) in [6.45, 7) is 1.06. The zero-order valence-corrected chi connectivity index (χ0v) is 16.1. The van der Waals surface area contributed by atoms with Gasteiger partial charge in [0.05, 0.1) is 24.2 Å². The quantitative estimate of drug-likeness (QED) is 0.505. The van der Waals surface area contributed by atoms with Gasteiger partial charge in [-0.2, -0.15) is 0 Å². The SMILES string of the molecule is COc1cccc2c(-c3nc(CCl)cs3)cn(CC3CCCCC3)c12. The lowest BCUT2D eigenvalue weighted by molar-refractivity contribution is 0.321. The maximum Gasteiger partial charge on any atom is 0.143 e. The highest BCUT2D eigenvalue weighted by Gasteiger charge is 2.20. The predicted molar refractivity (Wildman–Crippen MR) is 106 cm³/mol. The first-order valence-electron chi connectivity index (χ1n) is 8.96. The van der Waals surface area contributed by atoms with Crippen LogP contribution in [0, 0.1) is 5.92 Å². The Morgan fingerprint density at radius 3 is 2.84 bits per heavy atom. The van der Waals surface area contributed by atoms with Crippen LogP contribution in [0.25, 0.3) is 21.5 Å². The van der Waals surface area contributed by atoms with E-state index in [9.17, 15) is 0 Å². The fourth-order valence-electron chi connectivity index (χ4n) is 3.94. The first-order chi connectivity index (χ1) is 12.3. The van der Waals surface area contributed by atoms with Gasteiger partial charge in [-0.25, -0.2) is 4.98 Å². The third kappa shape index (κ3) is 3.30. The first kappa shape index (κ1) is 16.9. The van der Waals surface area contributed by atoms with Crippen LogP contribution in [0.4, 0.5) is 0 Å².